The second-order valence-corrected chi connectivity index (χ2v) is 5.83. The maximum atomic E-state index is 13.7. The molecule has 146 valence electrons. The van der Waals surface area contributed by atoms with Crippen LogP contribution < -0.4 is 5.69 Å². The summed E-state index contributed by atoms with van der Waals surface area (Å²) in [6.07, 6.45) is -9.02. The van der Waals surface area contributed by atoms with Gasteiger partial charge in [0, 0.05) is 18.9 Å². The SMILES string of the molecule is O=C(O)OC1CC(C(F)(F)F)Cc2nn(Cc3ncc(F)cc3F)c(=O)n21. The predicted molar refractivity (Wildman–Crippen MR) is 75.8 cm³/mol. The third kappa shape index (κ3) is 3.75. The van der Waals surface area contributed by atoms with Gasteiger partial charge in [0.2, 0.25) is 0 Å². The molecule has 0 radical (unpaired) electrons. The number of fused-ring (bicyclic) bond motifs is 1. The first-order valence-corrected chi connectivity index (χ1v) is 7.50. The van der Waals surface area contributed by atoms with Crippen LogP contribution in [0.4, 0.5) is 26.7 Å². The van der Waals surface area contributed by atoms with Gasteiger partial charge < -0.3 is 9.84 Å². The fourth-order valence-corrected chi connectivity index (χ4v) is 2.82. The van der Waals surface area contributed by atoms with E-state index in [0.29, 0.717) is 21.5 Å². The van der Waals surface area contributed by atoms with Gasteiger partial charge in [0.25, 0.3) is 0 Å². The molecule has 1 aliphatic heterocycles. The van der Waals surface area contributed by atoms with E-state index in [2.05, 4.69) is 14.8 Å². The molecule has 2 aromatic heterocycles. The van der Waals surface area contributed by atoms with E-state index in [1.165, 1.54) is 0 Å². The van der Waals surface area contributed by atoms with Crippen LogP contribution in [0.2, 0.25) is 0 Å². The first-order valence-electron chi connectivity index (χ1n) is 7.50. The van der Waals surface area contributed by atoms with Gasteiger partial charge in [-0.3, -0.25) is 4.98 Å². The Kier molecular flexibility index (Phi) is 4.61. The highest BCUT2D eigenvalue weighted by atomic mass is 19.4. The van der Waals surface area contributed by atoms with Crippen LogP contribution in [0, 0.1) is 17.6 Å². The van der Waals surface area contributed by atoms with E-state index >= 15 is 0 Å². The van der Waals surface area contributed by atoms with Gasteiger partial charge in [0.05, 0.1) is 24.4 Å². The van der Waals surface area contributed by atoms with Crippen molar-refractivity contribution in [3.05, 3.63) is 45.9 Å². The molecular weight excluding hydrogens is 383 g/mol. The number of halogens is 5. The number of aromatic nitrogens is 4. The summed E-state index contributed by atoms with van der Waals surface area (Å²) in [6, 6.07) is 0.527. The van der Waals surface area contributed by atoms with E-state index in [1.807, 2.05) is 0 Å². The van der Waals surface area contributed by atoms with Crippen molar-refractivity contribution in [3.63, 3.8) is 0 Å². The lowest BCUT2D eigenvalue weighted by molar-refractivity contribution is -0.191. The first kappa shape index (κ1) is 18.8. The van der Waals surface area contributed by atoms with Crippen molar-refractivity contribution < 1.29 is 36.6 Å². The molecule has 8 nitrogen and oxygen atoms in total. The molecule has 0 saturated carbocycles. The molecule has 0 amide bonds. The summed E-state index contributed by atoms with van der Waals surface area (Å²) < 4.78 is 71.5. The van der Waals surface area contributed by atoms with Crippen LogP contribution in [0.15, 0.2) is 17.1 Å². The average molecular weight is 394 g/mol. The number of ether oxygens (including phenoxy) is 1. The highest BCUT2D eigenvalue weighted by Gasteiger charge is 2.46. The minimum absolute atomic E-state index is 0.359. The number of rotatable bonds is 3. The Labute approximate surface area is 146 Å². The average Bonchev–Trinajstić information content (AvgIpc) is 2.85. The van der Waals surface area contributed by atoms with Gasteiger partial charge in [-0.15, -0.1) is 0 Å². The fraction of sp³-hybridized carbons (Fsp3) is 0.429. The van der Waals surface area contributed by atoms with E-state index in [4.69, 9.17) is 5.11 Å². The van der Waals surface area contributed by atoms with Crippen LogP contribution in [0.5, 0.6) is 0 Å². The molecule has 2 unspecified atom stereocenters. The van der Waals surface area contributed by atoms with Gasteiger partial charge in [0.1, 0.15) is 17.5 Å². The second-order valence-electron chi connectivity index (χ2n) is 5.83. The van der Waals surface area contributed by atoms with Crippen molar-refractivity contribution in [1.29, 1.82) is 0 Å². The molecule has 0 spiro atoms. The van der Waals surface area contributed by atoms with Crippen LogP contribution in [0.1, 0.15) is 24.2 Å². The minimum atomic E-state index is -4.66. The summed E-state index contributed by atoms with van der Waals surface area (Å²) >= 11 is 0. The standard InChI is InChI=1S/C14H11F5N4O4/c15-7-3-8(16)9(20-4-7)5-22-12(24)23-10(21-22)1-6(14(17,18)19)2-11(23)27-13(25)26/h3-4,6,11H,1-2,5H2,(H,25,26). The van der Waals surface area contributed by atoms with Gasteiger partial charge in [0.15, 0.2) is 6.23 Å². The third-order valence-corrected chi connectivity index (χ3v) is 4.03. The molecular formula is C14H11F5N4O4. The molecule has 3 heterocycles. The lowest BCUT2D eigenvalue weighted by Crippen LogP contribution is -2.39. The molecule has 2 aromatic rings. The van der Waals surface area contributed by atoms with Crippen molar-refractivity contribution in [2.75, 3.05) is 0 Å². The molecule has 0 bridgehead atoms. The Bertz CT molecular complexity index is 939. The van der Waals surface area contributed by atoms with Crippen molar-refractivity contribution >= 4 is 6.16 Å². The highest BCUT2D eigenvalue weighted by molar-refractivity contribution is 5.56. The minimum Gasteiger partial charge on any atom is -0.450 e. The van der Waals surface area contributed by atoms with Crippen LogP contribution >= 0.6 is 0 Å². The summed E-state index contributed by atoms with van der Waals surface area (Å²) in [7, 11) is 0. The zero-order valence-electron chi connectivity index (χ0n) is 13.3. The van der Waals surface area contributed by atoms with Gasteiger partial charge in [-0.1, -0.05) is 0 Å². The molecule has 0 aliphatic carbocycles. The molecule has 0 aromatic carbocycles. The molecule has 1 N–H and O–H groups in total. The number of carbonyl (C=O) groups is 1. The number of nitrogens with zero attached hydrogens (tertiary/aromatic N) is 4. The predicted octanol–water partition coefficient (Wildman–Crippen LogP) is 2.08. The number of carboxylic acid groups (broad SMARTS) is 1. The number of hydrogen-bond donors (Lipinski definition) is 1. The van der Waals surface area contributed by atoms with E-state index in [1.54, 1.807) is 0 Å². The summed E-state index contributed by atoms with van der Waals surface area (Å²) in [6.45, 7) is -0.582. The monoisotopic (exact) mass is 394 g/mol. The molecule has 1 aliphatic rings. The molecule has 3 rings (SSSR count). The smallest absolute Gasteiger partial charge is 0.450 e. The van der Waals surface area contributed by atoms with Crippen LogP contribution in [0.3, 0.4) is 0 Å². The lowest BCUT2D eigenvalue weighted by atomic mass is 9.96. The Morgan fingerprint density at radius 3 is 2.67 bits per heavy atom. The number of hydrogen-bond acceptors (Lipinski definition) is 5. The molecule has 2 atom stereocenters. The van der Waals surface area contributed by atoms with Gasteiger partial charge in [-0.05, 0) is 0 Å². The van der Waals surface area contributed by atoms with E-state index in [0.717, 1.165) is 0 Å². The lowest BCUT2D eigenvalue weighted by Gasteiger charge is -2.29. The zero-order chi connectivity index (χ0) is 19.9. The van der Waals surface area contributed by atoms with Crippen molar-refractivity contribution in [1.82, 2.24) is 19.3 Å². The van der Waals surface area contributed by atoms with E-state index in [9.17, 15) is 31.5 Å². The van der Waals surface area contributed by atoms with Crippen molar-refractivity contribution in [2.45, 2.75) is 31.8 Å². The fourth-order valence-electron chi connectivity index (χ4n) is 2.82. The summed E-state index contributed by atoms with van der Waals surface area (Å²) in [4.78, 5) is 26.7. The molecule has 27 heavy (non-hydrogen) atoms. The molecule has 13 heteroatoms. The van der Waals surface area contributed by atoms with E-state index < -0.39 is 61.2 Å². The van der Waals surface area contributed by atoms with Crippen LogP contribution in [0.25, 0.3) is 0 Å². The largest absolute Gasteiger partial charge is 0.507 e. The Morgan fingerprint density at radius 1 is 1.37 bits per heavy atom. The maximum absolute atomic E-state index is 13.7. The quantitative estimate of drug-likeness (QED) is 0.632. The number of pyridine rings is 1. The first-order chi connectivity index (χ1) is 12.6. The molecule has 0 saturated heterocycles. The molecule has 0 fully saturated rings. The van der Waals surface area contributed by atoms with Gasteiger partial charge >= 0.3 is 18.0 Å². The van der Waals surface area contributed by atoms with Crippen molar-refractivity contribution in [3.8, 4) is 0 Å². The normalized spacial score (nSPS) is 19.6. The summed E-state index contributed by atoms with van der Waals surface area (Å²) in [5, 5.41) is 12.5. The Balaban J connectivity index is 2.00. The Hall–Kier alpha value is -2.99. The second kappa shape index (κ2) is 6.63. The van der Waals surface area contributed by atoms with Crippen LogP contribution in [-0.4, -0.2) is 36.8 Å². The van der Waals surface area contributed by atoms with E-state index in [-0.39, 0.29) is 11.5 Å². The summed E-state index contributed by atoms with van der Waals surface area (Å²) in [5.41, 5.74) is -1.36. The van der Waals surface area contributed by atoms with Gasteiger partial charge in [-0.2, -0.15) is 18.3 Å². The maximum Gasteiger partial charge on any atom is 0.507 e. The zero-order valence-corrected chi connectivity index (χ0v) is 13.3. The highest BCUT2D eigenvalue weighted by Crippen LogP contribution is 2.38. The topological polar surface area (TPSA) is 99.2 Å². The summed E-state index contributed by atoms with van der Waals surface area (Å²) in [5.74, 6) is -4.34. The Morgan fingerprint density at radius 2 is 2.07 bits per heavy atom. The third-order valence-electron chi connectivity index (χ3n) is 4.03. The van der Waals surface area contributed by atoms with Crippen LogP contribution in [-0.2, 0) is 17.7 Å². The van der Waals surface area contributed by atoms with Crippen molar-refractivity contribution in [2.24, 2.45) is 5.92 Å². The number of alkyl halides is 3. The van der Waals surface area contributed by atoms with Gasteiger partial charge in [-0.25, -0.2) is 27.6 Å².